The zero-order valence-corrected chi connectivity index (χ0v) is 25.4. The topological polar surface area (TPSA) is 63.6 Å². The first-order chi connectivity index (χ1) is 19.8. The van der Waals surface area contributed by atoms with Crippen molar-refractivity contribution in [1.29, 1.82) is 0 Å². The smallest absolute Gasteiger partial charge is 0.456 e. The number of ketones is 1. The van der Waals surface area contributed by atoms with Crippen LogP contribution in [0.3, 0.4) is 0 Å². The van der Waals surface area contributed by atoms with E-state index >= 15 is 8.78 Å². The molecule has 2 saturated carbocycles. The van der Waals surface area contributed by atoms with E-state index in [4.69, 9.17) is 4.74 Å². The third-order valence-electron chi connectivity index (χ3n) is 10.6. The van der Waals surface area contributed by atoms with Gasteiger partial charge < -0.3 is 9.84 Å². The van der Waals surface area contributed by atoms with Gasteiger partial charge in [-0.05, 0) is 91.0 Å². The molecule has 1 unspecified atom stereocenters. The molecule has 4 nitrogen and oxygen atoms in total. The van der Waals surface area contributed by atoms with E-state index in [1.54, 1.807) is 25.1 Å². The largest absolute Gasteiger partial charge is 0.458 e. The molecule has 0 radical (unpaired) electrons. The molecule has 4 aliphatic rings. The summed E-state index contributed by atoms with van der Waals surface area (Å²) in [6.45, 7) is 9.00. The predicted molar refractivity (Wildman–Crippen MR) is 151 cm³/mol. The van der Waals surface area contributed by atoms with Crippen LogP contribution < -0.4 is 0 Å². The second kappa shape index (κ2) is 10.5. The summed E-state index contributed by atoms with van der Waals surface area (Å²) in [4.78, 5) is 24.7. The molecule has 0 saturated heterocycles. The Morgan fingerprint density at radius 2 is 1.70 bits per heavy atom. The van der Waals surface area contributed by atoms with Crippen LogP contribution in [-0.4, -0.2) is 34.6 Å². The number of allylic oxidation sites excluding steroid dienone is 4. The Morgan fingerprint density at radius 1 is 1.05 bits per heavy atom. The van der Waals surface area contributed by atoms with Gasteiger partial charge in [0.1, 0.15) is 11.7 Å². The third kappa shape index (κ3) is 5.27. The van der Waals surface area contributed by atoms with Crippen molar-refractivity contribution in [1.82, 2.24) is 0 Å². The molecule has 0 amide bonds. The highest BCUT2D eigenvalue weighted by atomic mass is 19.4. The van der Waals surface area contributed by atoms with Gasteiger partial charge >= 0.3 is 18.1 Å². The molecule has 9 heteroatoms. The number of hydrogen-bond acceptors (Lipinski definition) is 4. The molecule has 1 aromatic carbocycles. The molecule has 43 heavy (non-hydrogen) atoms. The predicted octanol–water partition coefficient (Wildman–Crippen LogP) is 8.56. The van der Waals surface area contributed by atoms with Gasteiger partial charge in [0.15, 0.2) is 5.78 Å². The fraction of sp³-hybridized carbons (Fsp3) is 0.647. The minimum atomic E-state index is -5.89. The molecule has 6 atom stereocenters. The molecule has 2 fully saturated rings. The van der Waals surface area contributed by atoms with Gasteiger partial charge in [-0.1, -0.05) is 57.5 Å². The minimum absolute atomic E-state index is 0.0365. The van der Waals surface area contributed by atoms with Crippen molar-refractivity contribution in [2.45, 2.75) is 116 Å². The Labute approximate surface area is 249 Å². The highest BCUT2D eigenvalue weighted by molar-refractivity contribution is 5.93. The van der Waals surface area contributed by atoms with Crippen molar-refractivity contribution < 1.29 is 41.4 Å². The normalized spacial score (nSPS) is 32.0. The second-order valence-corrected chi connectivity index (χ2v) is 14.5. The van der Waals surface area contributed by atoms with Crippen LogP contribution in [-0.2, 0) is 14.3 Å². The molecule has 1 N–H and O–H groups in total. The second-order valence-electron chi connectivity index (χ2n) is 14.5. The first kappa shape index (κ1) is 31.9. The summed E-state index contributed by atoms with van der Waals surface area (Å²) in [6.07, 6.45) is -3.23. The van der Waals surface area contributed by atoms with Gasteiger partial charge in [-0.15, -0.1) is 0 Å². The fourth-order valence-corrected chi connectivity index (χ4v) is 8.45. The summed E-state index contributed by atoms with van der Waals surface area (Å²) in [5.74, 6) is -6.91. The maximum absolute atomic E-state index is 15.2. The molecule has 4 aliphatic carbocycles. The molecule has 0 aliphatic heterocycles. The molecule has 5 rings (SSSR count). The van der Waals surface area contributed by atoms with Crippen LogP contribution in [0.15, 0.2) is 47.1 Å². The summed E-state index contributed by atoms with van der Waals surface area (Å²) < 4.78 is 77.3. The van der Waals surface area contributed by atoms with Crippen LogP contribution in [0, 0.1) is 22.7 Å². The summed E-state index contributed by atoms with van der Waals surface area (Å²) in [5.41, 5.74) is -0.735. The van der Waals surface area contributed by atoms with Crippen LogP contribution >= 0.6 is 0 Å². The van der Waals surface area contributed by atoms with Crippen molar-refractivity contribution in [2.24, 2.45) is 22.7 Å². The molecule has 236 valence electrons. The number of hydrogen-bond donors (Lipinski definition) is 1. The Balaban J connectivity index is 1.55. The number of halogens is 5. The maximum Gasteiger partial charge on any atom is 0.456 e. The number of aliphatic hydroxyl groups is 1. The summed E-state index contributed by atoms with van der Waals surface area (Å²) in [7, 11) is 0. The zero-order chi connectivity index (χ0) is 31.8. The molecule has 1 aromatic rings. The number of carbonyl (C=O) groups excluding carboxylic acids is 2. The van der Waals surface area contributed by atoms with E-state index in [1.165, 1.54) is 6.92 Å². The van der Waals surface area contributed by atoms with E-state index in [0.717, 1.165) is 27.8 Å². The molecule has 0 bridgehead atoms. The Morgan fingerprint density at radius 3 is 2.30 bits per heavy atom. The van der Waals surface area contributed by atoms with Gasteiger partial charge in [0.25, 0.3) is 0 Å². The van der Waals surface area contributed by atoms with Gasteiger partial charge in [-0.25, -0.2) is 0 Å². The number of carbonyl (C=O) groups is 2. The average molecular weight is 609 g/mol. The van der Waals surface area contributed by atoms with Crippen molar-refractivity contribution >= 4 is 11.8 Å². The van der Waals surface area contributed by atoms with Gasteiger partial charge in [-0.3, -0.25) is 9.59 Å². The lowest BCUT2D eigenvalue weighted by Gasteiger charge is -2.56. The first-order valence-electron chi connectivity index (χ1n) is 15.2. The number of alkyl halides is 5. The van der Waals surface area contributed by atoms with Crippen LogP contribution in [0.25, 0.3) is 0 Å². The Kier molecular flexibility index (Phi) is 7.80. The highest BCUT2D eigenvalue weighted by Gasteiger charge is 2.79. The Bertz CT molecular complexity index is 1350. The summed E-state index contributed by atoms with van der Waals surface area (Å²) in [6, 6.07) is 7.25. The SMILES string of the molecule is CC(OC(=O)CC(C)(C)C)c1ccc([C@H]2C[C@@]3(C)[C@@H](CC[C@@]3(O)C(F)(F)C(F)(F)F)[C@@H]3CCC4=CC(=O)CCC4=C32)cc1. The number of esters is 1. The van der Waals surface area contributed by atoms with E-state index in [1.807, 2.05) is 32.9 Å². The highest BCUT2D eigenvalue weighted by Crippen LogP contribution is 2.70. The van der Waals surface area contributed by atoms with E-state index in [-0.39, 0.29) is 42.3 Å². The van der Waals surface area contributed by atoms with Crippen LogP contribution in [0.4, 0.5) is 22.0 Å². The van der Waals surface area contributed by atoms with E-state index in [2.05, 4.69) is 0 Å². The first-order valence-corrected chi connectivity index (χ1v) is 15.2. The number of fused-ring (bicyclic) bond motifs is 4. The fourth-order valence-electron chi connectivity index (χ4n) is 8.45. The molecule has 0 heterocycles. The van der Waals surface area contributed by atoms with E-state index in [0.29, 0.717) is 25.7 Å². The summed E-state index contributed by atoms with van der Waals surface area (Å²) in [5, 5.41) is 11.4. The summed E-state index contributed by atoms with van der Waals surface area (Å²) >= 11 is 0. The van der Waals surface area contributed by atoms with Gasteiger partial charge in [-0.2, -0.15) is 22.0 Å². The molecule has 0 spiro atoms. The molecule has 0 aromatic heterocycles. The van der Waals surface area contributed by atoms with Crippen LogP contribution in [0.5, 0.6) is 0 Å². The Hall–Kier alpha value is -2.55. The van der Waals surface area contributed by atoms with Crippen molar-refractivity contribution in [3.8, 4) is 0 Å². The lowest BCUT2D eigenvalue weighted by atomic mass is 9.50. The lowest BCUT2D eigenvalue weighted by molar-refractivity contribution is -0.362. The van der Waals surface area contributed by atoms with Crippen molar-refractivity contribution in [3.63, 3.8) is 0 Å². The maximum atomic E-state index is 15.2. The molecular formula is C34H41F5O4. The van der Waals surface area contributed by atoms with Crippen LogP contribution in [0.1, 0.15) is 109 Å². The van der Waals surface area contributed by atoms with Crippen LogP contribution in [0.2, 0.25) is 0 Å². The monoisotopic (exact) mass is 608 g/mol. The quantitative estimate of drug-likeness (QED) is 0.269. The standard InChI is InChI=1S/C34H41F5O4/c1-19(43-28(41)18-30(2,3)4)20-6-8-21(9-7-20)26-17-31(5)27(14-15-32(31,42)33(35,36)34(37,38)39)25-12-10-22-16-23(40)11-13-24(22)29(25)26/h6-9,16,19,25-27,42H,10-15,17-18H2,1-5H3/t19?,25-,26+,27-,31-,32-/m0/s1. The zero-order valence-electron chi connectivity index (χ0n) is 25.4. The van der Waals surface area contributed by atoms with E-state index in [9.17, 15) is 27.9 Å². The van der Waals surface area contributed by atoms with Crippen molar-refractivity contribution in [2.75, 3.05) is 0 Å². The van der Waals surface area contributed by atoms with Gasteiger partial charge in [0.2, 0.25) is 0 Å². The molecular weight excluding hydrogens is 567 g/mol. The lowest BCUT2D eigenvalue weighted by Crippen LogP contribution is -2.65. The van der Waals surface area contributed by atoms with Gasteiger partial charge in [0, 0.05) is 17.8 Å². The minimum Gasteiger partial charge on any atom is -0.458 e. The number of rotatable bonds is 5. The third-order valence-corrected chi connectivity index (χ3v) is 10.6. The number of ether oxygens (including phenoxy) is 1. The number of benzene rings is 1. The average Bonchev–Trinajstić information content (AvgIpc) is 3.17. The van der Waals surface area contributed by atoms with E-state index < -0.39 is 47.5 Å². The van der Waals surface area contributed by atoms with Crippen molar-refractivity contribution in [3.05, 3.63) is 58.2 Å². The van der Waals surface area contributed by atoms with Gasteiger partial charge in [0.05, 0.1) is 6.42 Å².